The molecule has 0 aromatic heterocycles. The highest BCUT2D eigenvalue weighted by Crippen LogP contribution is 2.28. The molecule has 0 radical (unpaired) electrons. The fraction of sp³-hybridized carbons (Fsp3) is 0.500. The van der Waals surface area contributed by atoms with Crippen LogP contribution in [0, 0.1) is 5.92 Å². The van der Waals surface area contributed by atoms with E-state index in [0.29, 0.717) is 5.92 Å². The molecule has 2 rings (SSSR count). The van der Waals surface area contributed by atoms with Crippen molar-refractivity contribution in [1.29, 1.82) is 0 Å². The van der Waals surface area contributed by atoms with E-state index < -0.39 is 0 Å². The summed E-state index contributed by atoms with van der Waals surface area (Å²) in [5, 5.41) is 0. The second kappa shape index (κ2) is 6.20. The Kier molecular flexibility index (Phi) is 4.84. The molecule has 1 aromatic rings. The van der Waals surface area contributed by atoms with Crippen molar-refractivity contribution in [3.8, 4) is 0 Å². The Balaban J connectivity index is 2.11. The molecule has 1 saturated carbocycles. The van der Waals surface area contributed by atoms with E-state index in [2.05, 4.69) is 31.9 Å². The zero-order chi connectivity index (χ0) is 13.1. The maximum Gasteiger partial charge on any atom is 0.254 e. The molecule has 0 atom stereocenters. The Morgan fingerprint density at radius 1 is 1.39 bits per heavy atom. The highest BCUT2D eigenvalue weighted by molar-refractivity contribution is 9.11. The first-order valence-corrected chi connectivity index (χ1v) is 7.94. The molecule has 0 saturated heterocycles. The lowest BCUT2D eigenvalue weighted by Gasteiger charge is -2.32. The van der Waals surface area contributed by atoms with Crippen LogP contribution in [0.25, 0.3) is 0 Å². The lowest BCUT2D eigenvalue weighted by atomic mass is 9.85. The molecule has 2 nitrogen and oxygen atoms in total. The van der Waals surface area contributed by atoms with Crippen molar-refractivity contribution < 1.29 is 4.79 Å². The predicted molar refractivity (Wildman–Crippen MR) is 80.8 cm³/mol. The zero-order valence-corrected chi connectivity index (χ0v) is 13.6. The van der Waals surface area contributed by atoms with Crippen LogP contribution < -0.4 is 0 Å². The minimum Gasteiger partial charge on any atom is -0.339 e. The summed E-state index contributed by atoms with van der Waals surface area (Å²) < 4.78 is 1.84. The Morgan fingerprint density at radius 3 is 2.61 bits per heavy atom. The van der Waals surface area contributed by atoms with E-state index in [1.54, 1.807) is 0 Å². The Labute approximate surface area is 125 Å². The number of amides is 1. The molecule has 18 heavy (non-hydrogen) atoms. The monoisotopic (exact) mass is 373 g/mol. The van der Waals surface area contributed by atoms with Gasteiger partial charge in [0.2, 0.25) is 0 Å². The van der Waals surface area contributed by atoms with Gasteiger partial charge in [0.15, 0.2) is 0 Å². The summed E-state index contributed by atoms with van der Waals surface area (Å²) >= 11 is 6.87. The second-order valence-electron chi connectivity index (χ2n) is 4.76. The smallest absolute Gasteiger partial charge is 0.254 e. The second-order valence-corrected chi connectivity index (χ2v) is 6.53. The van der Waals surface area contributed by atoms with Gasteiger partial charge in [0.05, 0.1) is 5.56 Å². The van der Waals surface area contributed by atoms with Crippen LogP contribution in [0.3, 0.4) is 0 Å². The fourth-order valence-corrected chi connectivity index (χ4v) is 3.39. The topological polar surface area (TPSA) is 20.3 Å². The van der Waals surface area contributed by atoms with Crippen molar-refractivity contribution in [2.75, 3.05) is 13.1 Å². The van der Waals surface area contributed by atoms with Gasteiger partial charge in [-0.3, -0.25) is 4.79 Å². The molecule has 1 amide bonds. The first kappa shape index (κ1) is 14.1. The van der Waals surface area contributed by atoms with Gasteiger partial charge in [-0.15, -0.1) is 0 Å². The summed E-state index contributed by atoms with van der Waals surface area (Å²) in [7, 11) is 0. The molecule has 0 bridgehead atoms. The molecular formula is C14H17Br2NO. The molecular weight excluding hydrogens is 358 g/mol. The number of hydrogen-bond acceptors (Lipinski definition) is 1. The van der Waals surface area contributed by atoms with Gasteiger partial charge in [0.25, 0.3) is 5.91 Å². The van der Waals surface area contributed by atoms with Crippen LogP contribution >= 0.6 is 31.9 Å². The third-order valence-electron chi connectivity index (χ3n) is 3.53. The number of carbonyl (C=O) groups is 1. The maximum atomic E-state index is 12.5. The molecule has 0 heterocycles. The summed E-state index contributed by atoms with van der Waals surface area (Å²) in [5.74, 6) is 0.840. The molecule has 0 spiro atoms. The molecule has 1 aliphatic carbocycles. The first-order chi connectivity index (χ1) is 8.61. The lowest BCUT2D eigenvalue weighted by Crippen LogP contribution is -2.37. The number of benzene rings is 1. The van der Waals surface area contributed by atoms with E-state index in [0.717, 1.165) is 27.6 Å². The third-order valence-corrected chi connectivity index (χ3v) is 4.68. The SMILES string of the molecule is CCN(CC1CCC1)C(=O)c1ccc(Br)cc1Br. The zero-order valence-electron chi connectivity index (χ0n) is 10.5. The minimum atomic E-state index is 0.128. The highest BCUT2D eigenvalue weighted by atomic mass is 79.9. The van der Waals surface area contributed by atoms with Gasteiger partial charge in [-0.25, -0.2) is 0 Å². The van der Waals surface area contributed by atoms with Crippen molar-refractivity contribution >= 4 is 37.8 Å². The summed E-state index contributed by atoms with van der Waals surface area (Å²) in [5.41, 5.74) is 0.749. The van der Waals surface area contributed by atoms with Crippen molar-refractivity contribution in [3.63, 3.8) is 0 Å². The molecule has 98 valence electrons. The molecule has 1 aromatic carbocycles. The summed E-state index contributed by atoms with van der Waals surface area (Å²) in [6.07, 6.45) is 3.86. The van der Waals surface area contributed by atoms with Crippen molar-refractivity contribution in [1.82, 2.24) is 4.90 Å². The van der Waals surface area contributed by atoms with Gasteiger partial charge >= 0.3 is 0 Å². The van der Waals surface area contributed by atoms with E-state index in [1.165, 1.54) is 19.3 Å². The number of nitrogens with zero attached hydrogens (tertiary/aromatic N) is 1. The Morgan fingerprint density at radius 2 is 2.11 bits per heavy atom. The Bertz CT molecular complexity index is 443. The summed E-state index contributed by atoms with van der Waals surface area (Å²) in [6.45, 7) is 3.72. The van der Waals surface area contributed by atoms with Crippen LogP contribution in [0.1, 0.15) is 36.5 Å². The molecule has 1 aliphatic rings. The third kappa shape index (κ3) is 3.15. The van der Waals surface area contributed by atoms with Gasteiger partial charge in [-0.05, 0) is 59.8 Å². The van der Waals surface area contributed by atoms with Crippen LogP contribution in [0.5, 0.6) is 0 Å². The van der Waals surface area contributed by atoms with Crippen molar-refractivity contribution in [2.45, 2.75) is 26.2 Å². The van der Waals surface area contributed by atoms with Crippen LogP contribution in [-0.2, 0) is 0 Å². The summed E-state index contributed by atoms with van der Waals surface area (Å²) in [4.78, 5) is 14.4. The van der Waals surface area contributed by atoms with E-state index in [-0.39, 0.29) is 5.91 Å². The van der Waals surface area contributed by atoms with Crippen LogP contribution in [0.2, 0.25) is 0 Å². The van der Waals surface area contributed by atoms with Gasteiger partial charge < -0.3 is 4.90 Å². The number of halogens is 2. The van der Waals surface area contributed by atoms with Crippen LogP contribution in [0.4, 0.5) is 0 Å². The molecule has 0 aliphatic heterocycles. The van der Waals surface area contributed by atoms with Crippen molar-refractivity contribution in [2.24, 2.45) is 5.92 Å². The maximum absolute atomic E-state index is 12.5. The molecule has 0 unspecified atom stereocenters. The van der Waals surface area contributed by atoms with Gasteiger partial charge in [-0.2, -0.15) is 0 Å². The largest absolute Gasteiger partial charge is 0.339 e. The minimum absolute atomic E-state index is 0.128. The number of hydrogen-bond donors (Lipinski definition) is 0. The quantitative estimate of drug-likeness (QED) is 0.761. The van der Waals surface area contributed by atoms with E-state index in [4.69, 9.17) is 0 Å². The molecule has 0 N–H and O–H groups in total. The summed E-state index contributed by atoms with van der Waals surface area (Å²) in [6, 6.07) is 5.71. The first-order valence-electron chi connectivity index (χ1n) is 6.36. The van der Waals surface area contributed by atoms with E-state index >= 15 is 0 Å². The van der Waals surface area contributed by atoms with Gasteiger partial charge in [-0.1, -0.05) is 22.4 Å². The lowest BCUT2D eigenvalue weighted by molar-refractivity contribution is 0.0705. The predicted octanol–water partition coefficient (Wildman–Crippen LogP) is 4.47. The molecule has 4 heteroatoms. The van der Waals surface area contributed by atoms with E-state index in [9.17, 15) is 4.79 Å². The van der Waals surface area contributed by atoms with Gasteiger partial charge in [0.1, 0.15) is 0 Å². The van der Waals surface area contributed by atoms with E-state index in [1.807, 2.05) is 30.0 Å². The fourth-order valence-electron chi connectivity index (χ4n) is 2.18. The highest BCUT2D eigenvalue weighted by Gasteiger charge is 2.24. The average Bonchev–Trinajstić information content (AvgIpc) is 2.27. The molecule has 1 fully saturated rings. The van der Waals surface area contributed by atoms with Crippen LogP contribution in [-0.4, -0.2) is 23.9 Å². The number of rotatable bonds is 4. The Hall–Kier alpha value is -0.350. The average molecular weight is 375 g/mol. The van der Waals surface area contributed by atoms with Crippen LogP contribution in [0.15, 0.2) is 27.1 Å². The normalized spacial score (nSPS) is 15.3. The van der Waals surface area contributed by atoms with Crippen molar-refractivity contribution in [3.05, 3.63) is 32.7 Å². The van der Waals surface area contributed by atoms with Gasteiger partial charge in [0, 0.05) is 22.0 Å². The number of carbonyl (C=O) groups excluding carboxylic acids is 1. The standard InChI is InChI=1S/C14H17Br2NO/c1-2-17(9-10-4-3-5-10)14(18)12-7-6-11(15)8-13(12)16/h6-8,10H,2-5,9H2,1H3.